The predicted octanol–water partition coefficient (Wildman–Crippen LogP) is 2.73. The van der Waals surface area contributed by atoms with E-state index in [0.717, 1.165) is 37.5 Å². The lowest BCUT2D eigenvalue weighted by atomic mass is 9.96. The van der Waals surface area contributed by atoms with Crippen LogP contribution in [-0.4, -0.2) is 44.9 Å². The van der Waals surface area contributed by atoms with E-state index in [4.69, 9.17) is 9.47 Å². The van der Waals surface area contributed by atoms with Crippen molar-refractivity contribution in [2.75, 3.05) is 20.7 Å². The molecule has 3 atom stereocenters. The lowest BCUT2D eigenvalue weighted by Gasteiger charge is -2.22. The molecule has 0 radical (unpaired) electrons. The van der Waals surface area contributed by atoms with Gasteiger partial charge in [0.15, 0.2) is 5.96 Å². The molecule has 1 aromatic rings. The van der Waals surface area contributed by atoms with Crippen molar-refractivity contribution < 1.29 is 9.47 Å². The van der Waals surface area contributed by atoms with E-state index in [1.807, 2.05) is 19.2 Å². The summed E-state index contributed by atoms with van der Waals surface area (Å²) in [6.45, 7) is 0.901. The Morgan fingerprint density at radius 1 is 1.38 bits per heavy atom. The van der Waals surface area contributed by atoms with Gasteiger partial charge >= 0.3 is 0 Å². The number of nitrogens with zero attached hydrogens (tertiary/aromatic N) is 1. The van der Waals surface area contributed by atoms with Crippen molar-refractivity contribution in [1.82, 2.24) is 10.6 Å². The van der Waals surface area contributed by atoms with Crippen LogP contribution in [0.5, 0.6) is 5.75 Å². The first-order valence-corrected chi connectivity index (χ1v) is 8.54. The lowest BCUT2D eigenvalue weighted by Crippen LogP contribution is -2.47. The summed E-state index contributed by atoms with van der Waals surface area (Å²) < 4.78 is 11.1. The second-order valence-electron chi connectivity index (χ2n) is 6.31. The molecule has 134 valence electrons. The first kappa shape index (κ1) is 19.3. The van der Waals surface area contributed by atoms with Gasteiger partial charge in [-0.25, -0.2) is 0 Å². The molecule has 2 saturated heterocycles. The summed E-state index contributed by atoms with van der Waals surface area (Å²) in [7, 11) is 3.53. The number of hydrogen-bond acceptors (Lipinski definition) is 3. The zero-order valence-corrected chi connectivity index (χ0v) is 16.8. The van der Waals surface area contributed by atoms with Gasteiger partial charge in [-0.15, -0.1) is 24.0 Å². The molecule has 0 aromatic heterocycles. The average Bonchev–Trinajstić information content (AvgIpc) is 3.20. The molecule has 24 heavy (non-hydrogen) atoms. The van der Waals surface area contributed by atoms with Crippen molar-refractivity contribution in [3.8, 4) is 5.75 Å². The topological polar surface area (TPSA) is 54.9 Å². The zero-order valence-electron chi connectivity index (χ0n) is 14.5. The molecule has 0 saturated carbocycles. The maximum atomic E-state index is 5.88. The molecule has 3 unspecified atom stereocenters. The number of nitrogens with one attached hydrogen (secondary N) is 2. The number of aryl methyl sites for hydroxylation is 1. The van der Waals surface area contributed by atoms with Crippen LogP contribution in [0.3, 0.4) is 0 Å². The summed E-state index contributed by atoms with van der Waals surface area (Å²) >= 11 is 0. The van der Waals surface area contributed by atoms with E-state index in [1.54, 1.807) is 7.11 Å². The van der Waals surface area contributed by atoms with E-state index in [0.29, 0.717) is 18.2 Å². The Morgan fingerprint density at radius 3 is 2.92 bits per heavy atom. The Morgan fingerprint density at radius 2 is 2.25 bits per heavy atom. The highest BCUT2D eigenvalue weighted by Crippen LogP contribution is 2.34. The molecule has 1 aromatic carbocycles. The van der Waals surface area contributed by atoms with Gasteiger partial charge < -0.3 is 20.1 Å². The Hall–Kier alpha value is -1.02. The lowest BCUT2D eigenvalue weighted by molar-refractivity contribution is 0.0992. The molecular formula is C18H28IN3O2. The molecule has 0 aliphatic carbocycles. The number of fused-ring (bicyclic) bond motifs is 2. The van der Waals surface area contributed by atoms with Crippen molar-refractivity contribution in [3.05, 3.63) is 29.8 Å². The molecule has 2 fully saturated rings. The van der Waals surface area contributed by atoms with Crippen LogP contribution in [0.15, 0.2) is 29.3 Å². The third kappa shape index (κ3) is 4.99. The fourth-order valence-electron chi connectivity index (χ4n) is 3.49. The van der Waals surface area contributed by atoms with Crippen LogP contribution in [0.2, 0.25) is 0 Å². The molecular weight excluding hydrogens is 417 g/mol. The second-order valence-corrected chi connectivity index (χ2v) is 6.31. The minimum atomic E-state index is 0. The van der Waals surface area contributed by atoms with Gasteiger partial charge in [-0.05, 0) is 49.8 Å². The highest BCUT2D eigenvalue weighted by molar-refractivity contribution is 14.0. The van der Waals surface area contributed by atoms with Gasteiger partial charge in [0.05, 0.1) is 25.4 Å². The van der Waals surface area contributed by atoms with Crippen LogP contribution in [-0.2, 0) is 11.2 Å². The van der Waals surface area contributed by atoms with Gasteiger partial charge in [-0.2, -0.15) is 0 Å². The molecule has 2 aliphatic rings. The second kappa shape index (κ2) is 9.46. The molecule has 2 N–H and O–H groups in total. The zero-order chi connectivity index (χ0) is 16.1. The van der Waals surface area contributed by atoms with Crippen molar-refractivity contribution in [3.63, 3.8) is 0 Å². The summed E-state index contributed by atoms with van der Waals surface area (Å²) in [6.07, 6.45) is 6.42. The van der Waals surface area contributed by atoms with Gasteiger partial charge in [0, 0.05) is 13.6 Å². The average molecular weight is 445 g/mol. The first-order valence-electron chi connectivity index (χ1n) is 8.54. The Bertz CT molecular complexity index is 553. The normalized spacial score (nSPS) is 25.2. The smallest absolute Gasteiger partial charge is 0.191 e. The molecule has 0 amide bonds. The number of methoxy groups -OCH3 is 1. The van der Waals surface area contributed by atoms with Crippen molar-refractivity contribution >= 4 is 29.9 Å². The van der Waals surface area contributed by atoms with Crippen LogP contribution in [0.25, 0.3) is 0 Å². The summed E-state index contributed by atoms with van der Waals surface area (Å²) in [4.78, 5) is 4.33. The summed E-state index contributed by atoms with van der Waals surface area (Å²) in [5.41, 5.74) is 1.30. The maximum Gasteiger partial charge on any atom is 0.191 e. The Labute approximate surface area is 161 Å². The van der Waals surface area contributed by atoms with Crippen LogP contribution >= 0.6 is 24.0 Å². The van der Waals surface area contributed by atoms with Crippen molar-refractivity contribution in [1.29, 1.82) is 0 Å². The van der Waals surface area contributed by atoms with Crippen molar-refractivity contribution in [2.45, 2.75) is 50.4 Å². The molecule has 2 bridgehead atoms. The molecule has 5 nitrogen and oxygen atoms in total. The quantitative estimate of drug-likeness (QED) is 0.306. The minimum Gasteiger partial charge on any atom is -0.497 e. The number of guanidine groups is 1. The van der Waals surface area contributed by atoms with Crippen LogP contribution in [0.4, 0.5) is 0 Å². The number of halogens is 1. The van der Waals surface area contributed by atoms with Crippen LogP contribution in [0.1, 0.15) is 31.2 Å². The van der Waals surface area contributed by atoms with E-state index >= 15 is 0 Å². The van der Waals surface area contributed by atoms with Gasteiger partial charge in [-0.3, -0.25) is 4.99 Å². The maximum absolute atomic E-state index is 5.88. The number of benzene rings is 1. The SMILES string of the molecule is CN=C(NCCCc1cccc(OC)c1)NC1CC2CCC1O2.I. The van der Waals surface area contributed by atoms with Crippen LogP contribution < -0.4 is 15.4 Å². The van der Waals surface area contributed by atoms with E-state index in [2.05, 4.69) is 27.8 Å². The van der Waals surface area contributed by atoms with E-state index in [1.165, 1.54) is 18.4 Å². The number of ether oxygens (including phenoxy) is 2. The largest absolute Gasteiger partial charge is 0.497 e. The van der Waals surface area contributed by atoms with Gasteiger partial charge in [0.2, 0.25) is 0 Å². The predicted molar refractivity (Wildman–Crippen MR) is 108 cm³/mol. The van der Waals surface area contributed by atoms with Crippen molar-refractivity contribution in [2.24, 2.45) is 4.99 Å². The summed E-state index contributed by atoms with van der Waals surface area (Å²) in [6, 6.07) is 8.67. The third-order valence-corrected chi connectivity index (χ3v) is 4.72. The number of aliphatic imine (C=N–C) groups is 1. The first-order chi connectivity index (χ1) is 11.3. The van der Waals surface area contributed by atoms with Gasteiger partial charge in [0.25, 0.3) is 0 Å². The van der Waals surface area contributed by atoms with E-state index in [9.17, 15) is 0 Å². The number of rotatable bonds is 6. The fourth-order valence-corrected chi connectivity index (χ4v) is 3.49. The summed E-state index contributed by atoms with van der Waals surface area (Å²) in [5.74, 6) is 1.81. The summed E-state index contributed by atoms with van der Waals surface area (Å²) in [5, 5.41) is 6.91. The minimum absolute atomic E-state index is 0. The molecule has 3 rings (SSSR count). The van der Waals surface area contributed by atoms with E-state index < -0.39 is 0 Å². The standard InChI is InChI=1S/C18H27N3O2.HI/c1-19-18(21-16-12-15-8-9-17(16)23-15)20-10-4-6-13-5-3-7-14(11-13)22-2;/h3,5,7,11,15-17H,4,6,8-10,12H2,1-2H3,(H2,19,20,21);1H. The number of hydrogen-bond donors (Lipinski definition) is 2. The molecule has 2 aliphatic heterocycles. The highest BCUT2D eigenvalue weighted by Gasteiger charge is 2.41. The fraction of sp³-hybridized carbons (Fsp3) is 0.611. The van der Waals surface area contributed by atoms with E-state index in [-0.39, 0.29) is 24.0 Å². The van der Waals surface area contributed by atoms with Gasteiger partial charge in [-0.1, -0.05) is 12.1 Å². The van der Waals surface area contributed by atoms with Gasteiger partial charge in [0.1, 0.15) is 5.75 Å². The third-order valence-electron chi connectivity index (χ3n) is 4.72. The molecule has 6 heteroatoms. The highest BCUT2D eigenvalue weighted by atomic mass is 127. The Kier molecular flexibility index (Phi) is 7.61. The molecule has 2 heterocycles. The monoisotopic (exact) mass is 445 g/mol. The van der Waals surface area contributed by atoms with Crippen LogP contribution in [0, 0.1) is 0 Å². The Balaban J connectivity index is 0.00000208. The molecule has 0 spiro atoms.